The van der Waals surface area contributed by atoms with Crippen LogP contribution in [0.25, 0.3) is 0 Å². The van der Waals surface area contributed by atoms with E-state index in [-0.39, 0.29) is 12.0 Å². The van der Waals surface area contributed by atoms with Crippen molar-refractivity contribution >= 4 is 5.91 Å². The lowest BCUT2D eigenvalue weighted by atomic mass is 9.77. The van der Waals surface area contributed by atoms with Crippen molar-refractivity contribution in [2.75, 3.05) is 34.3 Å². The van der Waals surface area contributed by atoms with Gasteiger partial charge < -0.3 is 14.5 Å². The molecule has 1 saturated heterocycles. The number of methoxy groups -OCH3 is 1. The number of ether oxygens (including phenoxy) is 1. The molecule has 2 aliphatic rings. The average molecular weight is 359 g/mol. The maximum atomic E-state index is 12.8. The van der Waals surface area contributed by atoms with Gasteiger partial charge in [0, 0.05) is 26.2 Å². The fourth-order valence-corrected chi connectivity index (χ4v) is 4.70. The van der Waals surface area contributed by atoms with Gasteiger partial charge in [-0.05, 0) is 55.8 Å². The number of hydrogen-bond acceptors (Lipinski definition) is 3. The van der Waals surface area contributed by atoms with E-state index in [9.17, 15) is 4.79 Å². The molecule has 0 unspecified atom stereocenters. The van der Waals surface area contributed by atoms with Gasteiger partial charge >= 0.3 is 0 Å². The number of likely N-dealkylation sites (N-methyl/N-ethyl adjacent to an activating group) is 1. The number of rotatable bonds is 5. The van der Waals surface area contributed by atoms with E-state index in [0.717, 1.165) is 31.5 Å². The third kappa shape index (κ3) is 4.12. The highest BCUT2D eigenvalue weighted by molar-refractivity contribution is 5.79. The third-order valence-corrected chi connectivity index (χ3v) is 6.41. The lowest BCUT2D eigenvalue weighted by molar-refractivity contribution is -0.129. The molecule has 0 N–H and O–H groups in total. The van der Waals surface area contributed by atoms with Crippen molar-refractivity contribution in [2.45, 2.75) is 51.2 Å². The van der Waals surface area contributed by atoms with Gasteiger partial charge in [-0.2, -0.15) is 0 Å². The number of nitrogens with zero attached hydrogens (tertiary/aromatic N) is 2. The van der Waals surface area contributed by atoms with Gasteiger partial charge in [0.2, 0.25) is 5.91 Å². The largest absolute Gasteiger partial charge is 0.380 e. The van der Waals surface area contributed by atoms with Crippen molar-refractivity contribution in [3.05, 3.63) is 35.4 Å². The van der Waals surface area contributed by atoms with Crippen LogP contribution in [-0.4, -0.2) is 62.1 Å². The Morgan fingerprint density at radius 1 is 1.15 bits per heavy atom. The Kier molecular flexibility index (Phi) is 6.03. The Bertz CT molecular complexity index is 611. The van der Waals surface area contributed by atoms with Crippen molar-refractivity contribution in [1.29, 1.82) is 0 Å². The van der Waals surface area contributed by atoms with Crippen molar-refractivity contribution in [2.24, 2.45) is 11.8 Å². The zero-order valence-corrected chi connectivity index (χ0v) is 16.9. The van der Waals surface area contributed by atoms with Crippen LogP contribution in [0.15, 0.2) is 24.3 Å². The molecule has 1 amide bonds. The van der Waals surface area contributed by atoms with Crippen LogP contribution in [0.1, 0.15) is 43.7 Å². The third-order valence-electron chi connectivity index (χ3n) is 6.41. The highest BCUT2D eigenvalue weighted by Crippen LogP contribution is 2.38. The molecule has 4 heteroatoms. The summed E-state index contributed by atoms with van der Waals surface area (Å²) in [5.74, 6) is 2.00. The van der Waals surface area contributed by atoms with Crippen LogP contribution < -0.4 is 0 Å². The van der Waals surface area contributed by atoms with Crippen LogP contribution >= 0.6 is 0 Å². The van der Waals surface area contributed by atoms with Crippen molar-refractivity contribution in [1.82, 2.24) is 9.80 Å². The zero-order chi connectivity index (χ0) is 18.8. The van der Waals surface area contributed by atoms with Gasteiger partial charge in [0.25, 0.3) is 0 Å². The average Bonchev–Trinajstić information content (AvgIpc) is 3.04. The Labute approximate surface area is 158 Å². The van der Waals surface area contributed by atoms with Crippen LogP contribution in [0.5, 0.6) is 0 Å². The summed E-state index contributed by atoms with van der Waals surface area (Å²) in [6.45, 7) is 6.20. The minimum absolute atomic E-state index is 0.270. The van der Waals surface area contributed by atoms with E-state index in [2.05, 4.69) is 62.0 Å². The maximum Gasteiger partial charge on any atom is 0.227 e. The second-order valence-electron chi connectivity index (χ2n) is 8.67. The van der Waals surface area contributed by atoms with Gasteiger partial charge in [-0.3, -0.25) is 4.79 Å². The Hall–Kier alpha value is -1.39. The first-order valence-corrected chi connectivity index (χ1v) is 9.94. The minimum Gasteiger partial charge on any atom is -0.380 e. The lowest BCUT2D eigenvalue weighted by Gasteiger charge is -2.40. The molecule has 0 radical (unpaired) electrons. The van der Waals surface area contributed by atoms with Crippen molar-refractivity contribution in [3.63, 3.8) is 0 Å². The van der Waals surface area contributed by atoms with E-state index in [4.69, 9.17) is 4.74 Å². The van der Waals surface area contributed by atoms with Gasteiger partial charge in [-0.25, -0.2) is 0 Å². The van der Waals surface area contributed by atoms with Gasteiger partial charge in [0.05, 0.1) is 12.5 Å². The van der Waals surface area contributed by atoms with E-state index in [0.29, 0.717) is 30.2 Å². The number of likely N-dealkylation sites (tertiary alicyclic amines) is 1. The molecule has 1 saturated carbocycles. The quantitative estimate of drug-likeness (QED) is 0.810. The van der Waals surface area contributed by atoms with Crippen LogP contribution in [0.2, 0.25) is 0 Å². The summed E-state index contributed by atoms with van der Waals surface area (Å²) in [5, 5.41) is 0. The van der Waals surface area contributed by atoms with E-state index in [1.165, 1.54) is 5.56 Å². The number of fused-ring (bicyclic) bond motifs is 1. The minimum atomic E-state index is 0.270. The SMILES string of the molecule is CO[C@@H]1C[C@H]2CN(C(=O)Cc3ccc(C(C)C)cc3)C[C@H]2C[C@H]1N(C)C. The summed E-state index contributed by atoms with van der Waals surface area (Å²) in [4.78, 5) is 17.2. The van der Waals surface area contributed by atoms with E-state index >= 15 is 0 Å². The number of carbonyl (C=O) groups is 1. The summed E-state index contributed by atoms with van der Waals surface area (Å²) < 4.78 is 5.75. The topological polar surface area (TPSA) is 32.8 Å². The molecule has 26 heavy (non-hydrogen) atoms. The molecule has 1 aromatic rings. The zero-order valence-electron chi connectivity index (χ0n) is 16.9. The number of carbonyl (C=O) groups excluding carboxylic acids is 1. The van der Waals surface area contributed by atoms with Crippen molar-refractivity contribution in [3.8, 4) is 0 Å². The second kappa shape index (κ2) is 8.10. The highest BCUT2D eigenvalue weighted by Gasteiger charge is 2.44. The van der Waals surface area contributed by atoms with Crippen molar-refractivity contribution < 1.29 is 9.53 Å². The predicted molar refractivity (Wildman–Crippen MR) is 105 cm³/mol. The summed E-state index contributed by atoms with van der Waals surface area (Å²) >= 11 is 0. The molecule has 4 nitrogen and oxygen atoms in total. The van der Waals surface area contributed by atoms with Crippen LogP contribution in [0.4, 0.5) is 0 Å². The standard InChI is InChI=1S/C22H34N2O2/c1-15(2)17-8-6-16(7-9-17)10-22(25)24-13-18-11-20(23(3)4)21(26-5)12-19(18)14-24/h6-9,15,18-21H,10-14H2,1-5H3/t18-,19+,20-,21-/m1/s1. The molecule has 4 atom stereocenters. The highest BCUT2D eigenvalue weighted by atomic mass is 16.5. The van der Waals surface area contributed by atoms with E-state index in [1.807, 2.05) is 7.11 Å². The van der Waals surface area contributed by atoms with Gasteiger partial charge in [-0.1, -0.05) is 38.1 Å². The van der Waals surface area contributed by atoms with Crippen LogP contribution in [0, 0.1) is 11.8 Å². The molecule has 0 aromatic heterocycles. The Morgan fingerprint density at radius 3 is 2.31 bits per heavy atom. The molecule has 144 valence electrons. The van der Waals surface area contributed by atoms with Crippen LogP contribution in [-0.2, 0) is 16.0 Å². The summed E-state index contributed by atoms with van der Waals surface area (Å²) in [7, 11) is 6.09. The fraction of sp³-hybridized carbons (Fsp3) is 0.682. The molecule has 0 spiro atoms. The first-order valence-electron chi connectivity index (χ1n) is 9.94. The molecule has 2 fully saturated rings. The van der Waals surface area contributed by atoms with Gasteiger partial charge in [0.15, 0.2) is 0 Å². The maximum absolute atomic E-state index is 12.8. The van der Waals surface area contributed by atoms with E-state index in [1.54, 1.807) is 0 Å². The molecular formula is C22H34N2O2. The monoisotopic (exact) mass is 358 g/mol. The lowest BCUT2D eigenvalue weighted by Crippen LogP contribution is -2.47. The molecule has 3 rings (SSSR count). The number of amides is 1. The number of hydrogen-bond donors (Lipinski definition) is 0. The first kappa shape index (κ1) is 19.4. The normalized spacial score (nSPS) is 28.7. The van der Waals surface area contributed by atoms with Crippen LogP contribution in [0.3, 0.4) is 0 Å². The van der Waals surface area contributed by atoms with Gasteiger partial charge in [-0.15, -0.1) is 0 Å². The summed E-state index contributed by atoms with van der Waals surface area (Å²) in [6, 6.07) is 8.99. The smallest absolute Gasteiger partial charge is 0.227 e. The Morgan fingerprint density at radius 2 is 1.77 bits per heavy atom. The second-order valence-corrected chi connectivity index (χ2v) is 8.67. The molecular weight excluding hydrogens is 324 g/mol. The molecule has 1 aliphatic heterocycles. The first-order chi connectivity index (χ1) is 12.4. The fourth-order valence-electron chi connectivity index (χ4n) is 4.70. The molecule has 1 aliphatic carbocycles. The number of benzene rings is 1. The molecule has 0 bridgehead atoms. The predicted octanol–water partition coefficient (Wildman–Crippen LogP) is 3.17. The molecule has 1 aromatic carbocycles. The summed E-state index contributed by atoms with van der Waals surface area (Å²) in [5.41, 5.74) is 2.45. The Balaban J connectivity index is 1.60. The van der Waals surface area contributed by atoms with E-state index < -0.39 is 0 Å². The molecule has 1 heterocycles. The summed E-state index contributed by atoms with van der Waals surface area (Å²) in [6.07, 6.45) is 2.99. The van der Waals surface area contributed by atoms with Gasteiger partial charge in [0.1, 0.15) is 0 Å².